The third-order valence-electron chi connectivity index (χ3n) is 4.78. The Labute approximate surface area is 138 Å². The van der Waals surface area contributed by atoms with Crippen LogP contribution >= 0.6 is 11.8 Å². The van der Waals surface area contributed by atoms with E-state index in [9.17, 15) is 0 Å². The van der Waals surface area contributed by atoms with Crippen LogP contribution in [0.15, 0.2) is 4.99 Å². The van der Waals surface area contributed by atoms with E-state index in [0.29, 0.717) is 6.04 Å². The molecular formula is C16H30N4OS. The van der Waals surface area contributed by atoms with E-state index in [1.807, 2.05) is 0 Å². The molecule has 3 atom stereocenters. The minimum atomic E-state index is 0.255. The predicted octanol–water partition coefficient (Wildman–Crippen LogP) is 1.30. The molecule has 3 saturated heterocycles. The van der Waals surface area contributed by atoms with E-state index in [4.69, 9.17) is 9.73 Å². The Kier molecular flexibility index (Phi) is 6.27. The lowest BCUT2D eigenvalue weighted by molar-refractivity contribution is -0.0432. The van der Waals surface area contributed by atoms with Crippen molar-refractivity contribution in [2.24, 2.45) is 4.99 Å². The third-order valence-corrected chi connectivity index (χ3v) is 6.18. The number of rotatable bonds is 5. The third kappa shape index (κ3) is 4.52. The number of ether oxygens (including phenoxy) is 1. The molecule has 0 saturated carbocycles. The van der Waals surface area contributed by atoms with E-state index in [-0.39, 0.29) is 6.10 Å². The molecule has 3 aliphatic rings. The molecule has 5 nitrogen and oxygen atoms in total. The molecule has 0 aromatic rings. The molecular weight excluding hydrogens is 296 g/mol. The van der Waals surface area contributed by atoms with Gasteiger partial charge in [0.25, 0.3) is 0 Å². The van der Waals surface area contributed by atoms with Gasteiger partial charge in [0.05, 0.1) is 19.3 Å². The van der Waals surface area contributed by atoms with Crippen LogP contribution in [0.2, 0.25) is 0 Å². The van der Waals surface area contributed by atoms with E-state index < -0.39 is 0 Å². The summed E-state index contributed by atoms with van der Waals surface area (Å²) in [5.41, 5.74) is 0. The quantitative estimate of drug-likeness (QED) is 0.589. The number of morpholine rings is 1. The van der Waals surface area contributed by atoms with E-state index >= 15 is 0 Å². The summed E-state index contributed by atoms with van der Waals surface area (Å²) in [5, 5.41) is 7.60. The van der Waals surface area contributed by atoms with Crippen molar-refractivity contribution in [1.29, 1.82) is 0 Å². The maximum atomic E-state index is 5.99. The predicted molar refractivity (Wildman–Crippen MR) is 93.8 cm³/mol. The van der Waals surface area contributed by atoms with Crippen molar-refractivity contribution in [3.05, 3.63) is 0 Å². The zero-order valence-corrected chi connectivity index (χ0v) is 14.5. The number of nitrogens with one attached hydrogen (secondary N) is 2. The molecule has 0 aliphatic carbocycles. The Morgan fingerprint density at radius 1 is 1.32 bits per heavy atom. The number of hydrogen-bond donors (Lipinski definition) is 2. The van der Waals surface area contributed by atoms with Gasteiger partial charge in [-0.2, -0.15) is 11.8 Å². The van der Waals surface area contributed by atoms with E-state index in [1.165, 1.54) is 38.0 Å². The lowest BCUT2D eigenvalue weighted by atomic mass is 10.2. The standard InChI is InChI=1S/C16H30N4OS/c1-2-17-16(19-10-15-6-4-8-22-15)18-9-14-11-20-7-3-5-13(20)12-21-14/h13-15H,2-12H2,1H3,(H2,17,18,19). The molecule has 3 heterocycles. The molecule has 3 aliphatic heterocycles. The molecule has 22 heavy (non-hydrogen) atoms. The van der Waals surface area contributed by atoms with Gasteiger partial charge in [-0.1, -0.05) is 0 Å². The van der Waals surface area contributed by atoms with E-state index in [1.54, 1.807) is 0 Å². The van der Waals surface area contributed by atoms with Gasteiger partial charge in [0.1, 0.15) is 0 Å². The summed E-state index contributed by atoms with van der Waals surface area (Å²) in [6.07, 6.45) is 5.58. The minimum absolute atomic E-state index is 0.255. The molecule has 3 fully saturated rings. The normalized spacial score (nSPS) is 33.0. The fraction of sp³-hybridized carbons (Fsp3) is 0.938. The Morgan fingerprint density at radius 2 is 2.27 bits per heavy atom. The summed E-state index contributed by atoms with van der Waals surface area (Å²) < 4.78 is 5.99. The summed E-state index contributed by atoms with van der Waals surface area (Å²) in [6, 6.07) is 0.672. The number of aliphatic imine (C=N–C) groups is 1. The molecule has 0 amide bonds. The van der Waals surface area contributed by atoms with Gasteiger partial charge in [-0.15, -0.1) is 0 Å². The maximum Gasteiger partial charge on any atom is 0.191 e. The Morgan fingerprint density at radius 3 is 3.09 bits per heavy atom. The SMILES string of the molecule is CCNC(=NCC1CN2CCCC2CO1)NCC1CCCS1. The van der Waals surface area contributed by atoms with Crippen LogP contribution in [0.3, 0.4) is 0 Å². The van der Waals surface area contributed by atoms with Crippen LogP contribution in [-0.2, 0) is 4.74 Å². The zero-order valence-electron chi connectivity index (χ0n) is 13.7. The highest BCUT2D eigenvalue weighted by Crippen LogP contribution is 2.25. The molecule has 3 unspecified atom stereocenters. The van der Waals surface area contributed by atoms with Crippen molar-refractivity contribution in [3.8, 4) is 0 Å². The van der Waals surface area contributed by atoms with Gasteiger partial charge in [0.2, 0.25) is 0 Å². The number of thioether (sulfide) groups is 1. The summed E-state index contributed by atoms with van der Waals surface area (Å²) in [5.74, 6) is 2.26. The van der Waals surface area contributed by atoms with Crippen molar-refractivity contribution in [1.82, 2.24) is 15.5 Å². The average Bonchev–Trinajstić information content (AvgIpc) is 3.20. The highest BCUT2D eigenvalue weighted by Gasteiger charge is 2.32. The monoisotopic (exact) mass is 326 g/mol. The molecule has 126 valence electrons. The lowest BCUT2D eigenvalue weighted by Crippen LogP contribution is -2.47. The van der Waals surface area contributed by atoms with Crippen molar-refractivity contribution in [2.45, 2.75) is 50.0 Å². The Balaban J connectivity index is 1.44. The van der Waals surface area contributed by atoms with Crippen molar-refractivity contribution < 1.29 is 4.74 Å². The first-order valence-electron chi connectivity index (χ1n) is 8.84. The minimum Gasteiger partial charge on any atom is -0.373 e. The molecule has 0 bridgehead atoms. The number of fused-ring (bicyclic) bond motifs is 1. The first-order chi connectivity index (χ1) is 10.8. The number of hydrogen-bond acceptors (Lipinski definition) is 4. The van der Waals surface area contributed by atoms with Crippen LogP contribution in [0.4, 0.5) is 0 Å². The van der Waals surface area contributed by atoms with Crippen LogP contribution < -0.4 is 10.6 Å². The van der Waals surface area contributed by atoms with Gasteiger partial charge in [-0.25, -0.2) is 0 Å². The molecule has 0 aromatic carbocycles. The lowest BCUT2D eigenvalue weighted by Gasteiger charge is -2.34. The highest BCUT2D eigenvalue weighted by atomic mass is 32.2. The first-order valence-corrected chi connectivity index (χ1v) is 9.89. The first kappa shape index (κ1) is 16.4. The van der Waals surface area contributed by atoms with Crippen LogP contribution in [0.25, 0.3) is 0 Å². The summed E-state index contributed by atoms with van der Waals surface area (Å²) in [6.45, 7) is 7.99. The smallest absolute Gasteiger partial charge is 0.191 e. The summed E-state index contributed by atoms with van der Waals surface area (Å²) in [7, 11) is 0. The fourth-order valence-corrected chi connectivity index (χ4v) is 4.75. The van der Waals surface area contributed by atoms with Crippen LogP contribution in [0.5, 0.6) is 0 Å². The highest BCUT2D eigenvalue weighted by molar-refractivity contribution is 8.00. The summed E-state index contributed by atoms with van der Waals surface area (Å²) >= 11 is 2.08. The topological polar surface area (TPSA) is 48.9 Å². The molecule has 6 heteroatoms. The van der Waals surface area contributed by atoms with Gasteiger partial charge >= 0.3 is 0 Å². The fourth-order valence-electron chi connectivity index (χ4n) is 3.55. The van der Waals surface area contributed by atoms with Gasteiger partial charge in [-0.3, -0.25) is 9.89 Å². The summed E-state index contributed by atoms with van der Waals surface area (Å²) in [4.78, 5) is 7.33. The van der Waals surface area contributed by atoms with Gasteiger partial charge in [-0.05, 0) is 44.9 Å². The van der Waals surface area contributed by atoms with E-state index in [2.05, 4.69) is 34.2 Å². The second kappa shape index (κ2) is 8.41. The molecule has 0 spiro atoms. The molecule has 3 rings (SSSR count). The van der Waals surface area contributed by atoms with Gasteiger partial charge in [0, 0.05) is 30.9 Å². The Bertz CT molecular complexity index is 373. The van der Waals surface area contributed by atoms with Gasteiger partial charge in [0.15, 0.2) is 5.96 Å². The average molecular weight is 327 g/mol. The van der Waals surface area contributed by atoms with Crippen LogP contribution in [0, 0.1) is 0 Å². The van der Waals surface area contributed by atoms with Crippen LogP contribution in [0.1, 0.15) is 32.6 Å². The zero-order chi connectivity index (χ0) is 15.2. The van der Waals surface area contributed by atoms with Gasteiger partial charge < -0.3 is 15.4 Å². The second-order valence-corrected chi connectivity index (χ2v) is 7.89. The van der Waals surface area contributed by atoms with Crippen molar-refractivity contribution in [3.63, 3.8) is 0 Å². The Hall–Kier alpha value is -0.460. The van der Waals surface area contributed by atoms with Crippen molar-refractivity contribution >= 4 is 17.7 Å². The largest absolute Gasteiger partial charge is 0.373 e. The molecule has 2 N–H and O–H groups in total. The number of nitrogens with zero attached hydrogens (tertiary/aromatic N) is 2. The van der Waals surface area contributed by atoms with Crippen molar-refractivity contribution in [2.75, 3.05) is 45.1 Å². The molecule has 0 aromatic heterocycles. The van der Waals surface area contributed by atoms with Crippen LogP contribution in [-0.4, -0.2) is 73.3 Å². The molecule has 0 radical (unpaired) electrons. The maximum absolute atomic E-state index is 5.99. The van der Waals surface area contributed by atoms with E-state index in [0.717, 1.165) is 44.0 Å². The second-order valence-electron chi connectivity index (χ2n) is 6.48. The number of guanidine groups is 1.